The van der Waals surface area contributed by atoms with Gasteiger partial charge in [0, 0.05) is 19.2 Å². The molecule has 0 bridgehead atoms. The van der Waals surface area contributed by atoms with Crippen LogP contribution in [0.2, 0.25) is 0 Å². The van der Waals surface area contributed by atoms with Gasteiger partial charge in [-0.15, -0.1) is 0 Å². The van der Waals surface area contributed by atoms with E-state index in [0.717, 1.165) is 103 Å². The molecule has 15 heteroatoms. The van der Waals surface area contributed by atoms with Crippen LogP contribution < -0.4 is 10.6 Å². The van der Waals surface area contributed by atoms with Gasteiger partial charge in [0.05, 0.1) is 80.2 Å². The summed E-state index contributed by atoms with van der Waals surface area (Å²) in [4.78, 5) is 62.5. The molecule has 67 heavy (non-hydrogen) atoms. The van der Waals surface area contributed by atoms with E-state index < -0.39 is 12.1 Å². The Morgan fingerprint density at radius 2 is 1.10 bits per heavy atom. The molecule has 0 spiro atoms. The summed E-state index contributed by atoms with van der Waals surface area (Å²) < 4.78 is 22.7. The molecule has 4 aliphatic heterocycles. The van der Waals surface area contributed by atoms with E-state index in [0.29, 0.717) is 19.1 Å². The molecule has 1 saturated carbocycles. The van der Waals surface area contributed by atoms with Crippen LogP contribution in [-0.2, 0) is 28.5 Å². The average Bonchev–Trinajstić information content (AvgIpc) is 3.61. The summed E-state index contributed by atoms with van der Waals surface area (Å²) in [6.45, 7) is 10.8. The van der Waals surface area contributed by atoms with Gasteiger partial charge < -0.3 is 44.0 Å². The van der Waals surface area contributed by atoms with E-state index in [-0.39, 0.29) is 78.3 Å². The van der Waals surface area contributed by atoms with E-state index in [2.05, 4.69) is 104 Å². The smallest absolute Gasteiger partial charge is 0.407 e. The van der Waals surface area contributed by atoms with Crippen LogP contribution in [0.15, 0.2) is 60.9 Å². The standard InChI is InChI=1S/C52H70N8O7/c1-29-8-20-43(59(29)50(61)46(55-28-64-6)39-22-31(3)66-32(4)23-39)48-53-26-41(56-48)36-14-10-34(11-15-36)35-12-16-37(17-13-35)42-27-54-49(57-42)44-21-9-30(2)60(44)51(62)47(58-52(63)65-7)40-24-33(5)67-45(25-40)38-18-19-38/h10-17,26-27,29-33,38-40,43-47,55H,8-9,18-25,28H2,1-7H3,(H,53,56)(H,54,57)(H,58,63). The first-order valence-electron chi connectivity index (χ1n) is 24.7. The van der Waals surface area contributed by atoms with Crippen LogP contribution in [0.4, 0.5) is 4.79 Å². The Hall–Kier alpha value is -5.09. The number of rotatable bonds is 14. The summed E-state index contributed by atoms with van der Waals surface area (Å²) in [5, 5.41) is 6.36. The highest BCUT2D eigenvalue weighted by Gasteiger charge is 2.47. The van der Waals surface area contributed by atoms with Gasteiger partial charge in [-0.05, 0) is 139 Å². The third-order valence-electron chi connectivity index (χ3n) is 15.2. The number of nitrogens with one attached hydrogen (secondary N) is 4. The second-order valence-corrected chi connectivity index (χ2v) is 20.2. The van der Waals surface area contributed by atoms with Gasteiger partial charge in [0.1, 0.15) is 17.7 Å². The molecule has 9 rings (SSSR count). The first-order valence-corrected chi connectivity index (χ1v) is 24.7. The number of H-pyrrole nitrogens is 2. The van der Waals surface area contributed by atoms with Crippen molar-refractivity contribution in [2.75, 3.05) is 21.0 Å². The van der Waals surface area contributed by atoms with Crippen LogP contribution >= 0.6 is 0 Å². The maximum absolute atomic E-state index is 14.6. The van der Waals surface area contributed by atoms with Crippen molar-refractivity contribution in [3.05, 3.63) is 72.6 Å². The fraction of sp³-hybridized carbons (Fsp3) is 0.596. The van der Waals surface area contributed by atoms with Crippen molar-refractivity contribution in [2.24, 2.45) is 17.8 Å². The summed E-state index contributed by atoms with van der Waals surface area (Å²) in [5.41, 5.74) is 5.96. The molecule has 2 aromatic carbocycles. The minimum atomic E-state index is -0.710. The van der Waals surface area contributed by atoms with Gasteiger partial charge in [-0.1, -0.05) is 48.5 Å². The van der Waals surface area contributed by atoms with Gasteiger partial charge in [0.25, 0.3) is 0 Å². The second kappa shape index (κ2) is 20.2. The number of methoxy groups -OCH3 is 2. The lowest BCUT2D eigenvalue weighted by Gasteiger charge is -2.40. The molecule has 1 aliphatic carbocycles. The number of carbonyl (C=O) groups is 3. The maximum Gasteiger partial charge on any atom is 0.407 e. The predicted octanol–water partition coefficient (Wildman–Crippen LogP) is 8.32. The quantitative estimate of drug-likeness (QED) is 0.0901. The molecule has 0 radical (unpaired) electrons. The highest BCUT2D eigenvalue weighted by atomic mass is 16.5. The van der Waals surface area contributed by atoms with E-state index in [1.165, 1.54) is 7.11 Å². The monoisotopic (exact) mass is 919 g/mol. The summed E-state index contributed by atoms with van der Waals surface area (Å²) in [6.07, 6.45) is 12.2. The van der Waals surface area contributed by atoms with Crippen molar-refractivity contribution in [3.63, 3.8) is 0 Å². The third-order valence-corrected chi connectivity index (χ3v) is 15.2. The fourth-order valence-electron chi connectivity index (χ4n) is 11.8. The summed E-state index contributed by atoms with van der Waals surface area (Å²) in [6, 6.07) is 15.5. The van der Waals surface area contributed by atoms with E-state index in [1.807, 2.05) is 22.2 Å². The summed E-state index contributed by atoms with van der Waals surface area (Å²) in [7, 11) is 2.99. The van der Waals surface area contributed by atoms with Gasteiger partial charge in [-0.25, -0.2) is 14.8 Å². The molecule has 360 valence electrons. The number of imidazole rings is 2. The molecule has 5 aliphatic rings. The first kappa shape index (κ1) is 47.0. The van der Waals surface area contributed by atoms with Crippen molar-refractivity contribution in [1.29, 1.82) is 0 Å². The van der Waals surface area contributed by atoms with E-state index in [4.69, 9.17) is 28.9 Å². The molecule has 11 atom stereocenters. The van der Waals surface area contributed by atoms with Crippen LogP contribution in [0.5, 0.6) is 0 Å². The Balaban J connectivity index is 0.859. The zero-order chi connectivity index (χ0) is 46.9. The number of hydrogen-bond acceptors (Lipinski definition) is 10. The third kappa shape index (κ3) is 10.2. The molecule has 4 N–H and O–H groups in total. The predicted molar refractivity (Wildman–Crippen MR) is 254 cm³/mol. The molecule has 6 heterocycles. The molecule has 4 saturated heterocycles. The number of aromatic nitrogens is 4. The zero-order valence-electron chi connectivity index (χ0n) is 40.2. The summed E-state index contributed by atoms with van der Waals surface area (Å²) >= 11 is 0. The molecule has 11 unspecified atom stereocenters. The van der Waals surface area contributed by atoms with Crippen molar-refractivity contribution >= 4 is 17.9 Å². The number of aromatic amines is 2. The van der Waals surface area contributed by atoms with Crippen molar-refractivity contribution < 1.29 is 33.3 Å². The highest BCUT2D eigenvalue weighted by Crippen LogP contribution is 2.44. The van der Waals surface area contributed by atoms with Crippen LogP contribution in [-0.4, -0.2) is 117 Å². The summed E-state index contributed by atoms with van der Waals surface area (Å²) in [5.74, 6) is 2.19. The van der Waals surface area contributed by atoms with Gasteiger partial charge in [0.15, 0.2) is 0 Å². The maximum atomic E-state index is 14.6. The topological polar surface area (TPSA) is 176 Å². The van der Waals surface area contributed by atoms with Crippen molar-refractivity contribution in [2.45, 2.75) is 159 Å². The second-order valence-electron chi connectivity index (χ2n) is 20.2. The Morgan fingerprint density at radius 1 is 0.642 bits per heavy atom. The molecule has 15 nitrogen and oxygen atoms in total. The number of carbonyl (C=O) groups excluding carboxylic acids is 3. The average molecular weight is 919 g/mol. The lowest BCUT2D eigenvalue weighted by molar-refractivity contribution is -0.142. The minimum absolute atomic E-state index is 0.0116. The molecular formula is C52H70N8O7. The van der Waals surface area contributed by atoms with Crippen LogP contribution in [0.1, 0.15) is 123 Å². The number of nitrogens with zero attached hydrogens (tertiary/aromatic N) is 4. The Labute approximate surface area is 394 Å². The number of likely N-dealkylation sites (tertiary alicyclic amines) is 2. The molecule has 2 aromatic heterocycles. The van der Waals surface area contributed by atoms with Crippen LogP contribution in [0, 0.1) is 17.8 Å². The number of ether oxygens (including phenoxy) is 4. The SMILES string of the molecule is COCNC(C(=O)N1C(C)CCC1c1ncc(-c2ccc(-c3ccc(-c4cnc(C5CCC(C)N5C(=O)C(NC(=O)OC)C5CC(C)OC(C6CC6)C5)[nH]4)cc3)cc2)[nH]1)C1CC(C)OC(C)C1. The lowest BCUT2D eigenvalue weighted by Crippen LogP contribution is -2.55. The molecule has 4 aromatic rings. The van der Waals surface area contributed by atoms with Gasteiger partial charge in [0.2, 0.25) is 11.8 Å². The molecular weight excluding hydrogens is 849 g/mol. The number of benzene rings is 2. The molecule has 3 amide bonds. The fourth-order valence-corrected chi connectivity index (χ4v) is 11.8. The largest absolute Gasteiger partial charge is 0.453 e. The number of hydrogen-bond donors (Lipinski definition) is 4. The van der Waals surface area contributed by atoms with Crippen LogP contribution in [0.25, 0.3) is 33.6 Å². The Kier molecular flexibility index (Phi) is 14.2. The molecule has 5 fully saturated rings. The normalized spacial score (nSPS) is 29.7. The van der Waals surface area contributed by atoms with Gasteiger partial charge in [-0.3, -0.25) is 14.9 Å². The Morgan fingerprint density at radius 3 is 1.58 bits per heavy atom. The van der Waals surface area contributed by atoms with Gasteiger partial charge in [-0.2, -0.15) is 0 Å². The van der Waals surface area contributed by atoms with E-state index >= 15 is 0 Å². The number of amides is 3. The zero-order valence-corrected chi connectivity index (χ0v) is 40.2. The number of alkyl carbamates (subject to hydrolysis) is 1. The highest BCUT2D eigenvalue weighted by molar-refractivity contribution is 5.87. The van der Waals surface area contributed by atoms with E-state index in [9.17, 15) is 14.4 Å². The first-order chi connectivity index (χ1) is 32.4. The van der Waals surface area contributed by atoms with Crippen LogP contribution in [0.3, 0.4) is 0 Å². The van der Waals surface area contributed by atoms with Crippen molar-refractivity contribution in [3.8, 4) is 33.6 Å². The van der Waals surface area contributed by atoms with Gasteiger partial charge >= 0.3 is 6.09 Å². The minimum Gasteiger partial charge on any atom is -0.453 e. The lowest BCUT2D eigenvalue weighted by atomic mass is 9.83. The van der Waals surface area contributed by atoms with E-state index in [1.54, 1.807) is 7.11 Å². The Bertz CT molecular complexity index is 2320. The van der Waals surface area contributed by atoms with Crippen molar-refractivity contribution in [1.82, 2.24) is 40.4 Å².